The number of nitrogens with one attached hydrogen (secondary N) is 1. The number of likely N-dealkylation sites (N-methyl/N-ethyl adjacent to an activating group) is 1. The van der Waals surface area contributed by atoms with Gasteiger partial charge in [0.1, 0.15) is 0 Å². The fourth-order valence-electron chi connectivity index (χ4n) is 2.36. The molecular formula is C14H22N2. The summed E-state index contributed by atoms with van der Waals surface area (Å²) in [7, 11) is 2.23. The molecule has 1 aliphatic rings. The van der Waals surface area contributed by atoms with Gasteiger partial charge in [-0.1, -0.05) is 25.1 Å². The fraction of sp³-hybridized carbons (Fsp3) is 0.571. The standard InChI is InChI=1S/C14H22N2/c1-4-11(2)16(3)10-12-9-15-14-8-6-5-7-13(12)14/h5-8,11-12,15H,4,9-10H2,1-3H3. The lowest BCUT2D eigenvalue weighted by Gasteiger charge is -2.26. The number of hydrogen-bond donors (Lipinski definition) is 1. The van der Waals surface area contributed by atoms with Gasteiger partial charge in [0.15, 0.2) is 0 Å². The second-order valence-electron chi connectivity index (χ2n) is 4.86. The number of hydrogen-bond acceptors (Lipinski definition) is 2. The summed E-state index contributed by atoms with van der Waals surface area (Å²) in [6, 6.07) is 9.35. The Morgan fingerprint density at radius 3 is 2.94 bits per heavy atom. The molecule has 1 aliphatic heterocycles. The van der Waals surface area contributed by atoms with E-state index in [0.717, 1.165) is 13.1 Å². The quantitative estimate of drug-likeness (QED) is 0.836. The van der Waals surface area contributed by atoms with Crippen molar-refractivity contribution < 1.29 is 0 Å². The molecular weight excluding hydrogens is 196 g/mol. The third-order valence-electron chi connectivity index (χ3n) is 3.79. The highest BCUT2D eigenvalue weighted by Gasteiger charge is 2.23. The zero-order chi connectivity index (χ0) is 11.5. The van der Waals surface area contributed by atoms with E-state index in [-0.39, 0.29) is 0 Å². The maximum atomic E-state index is 3.49. The lowest BCUT2D eigenvalue weighted by Crippen LogP contribution is -2.33. The summed E-state index contributed by atoms with van der Waals surface area (Å²) >= 11 is 0. The van der Waals surface area contributed by atoms with Gasteiger partial charge in [-0.2, -0.15) is 0 Å². The van der Waals surface area contributed by atoms with Crippen molar-refractivity contribution in [2.75, 3.05) is 25.5 Å². The summed E-state index contributed by atoms with van der Waals surface area (Å²) in [6.45, 7) is 6.79. The summed E-state index contributed by atoms with van der Waals surface area (Å²) in [4.78, 5) is 2.47. The molecule has 1 aromatic carbocycles. The zero-order valence-corrected chi connectivity index (χ0v) is 10.5. The molecule has 2 atom stereocenters. The molecule has 2 nitrogen and oxygen atoms in total. The molecule has 2 rings (SSSR count). The van der Waals surface area contributed by atoms with E-state index in [0.29, 0.717) is 12.0 Å². The highest BCUT2D eigenvalue weighted by molar-refractivity contribution is 5.57. The zero-order valence-electron chi connectivity index (χ0n) is 10.5. The minimum Gasteiger partial charge on any atom is -0.384 e. The van der Waals surface area contributed by atoms with E-state index in [1.54, 1.807) is 0 Å². The van der Waals surface area contributed by atoms with Crippen molar-refractivity contribution in [3.05, 3.63) is 29.8 Å². The molecule has 0 radical (unpaired) electrons. The molecule has 0 saturated carbocycles. The molecule has 0 bridgehead atoms. The molecule has 1 N–H and O–H groups in total. The summed E-state index contributed by atoms with van der Waals surface area (Å²) in [5.74, 6) is 0.648. The first-order valence-electron chi connectivity index (χ1n) is 6.25. The Kier molecular flexibility index (Phi) is 3.49. The summed E-state index contributed by atoms with van der Waals surface area (Å²) in [6.07, 6.45) is 1.22. The van der Waals surface area contributed by atoms with Gasteiger partial charge in [-0.05, 0) is 32.0 Å². The largest absolute Gasteiger partial charge is 0.384 e. The molecule has 0 fully saturated rings. The van der Waals surface area contributed by atoms with Crippen molar-refractivity contribution in [3.8, 4) is 0 Å². The first-order valence-corrected chi connectivity index (χ1v) is 6.25. The number of anilines is 1. The van der Waals surface area contributed by atoms with Crippen molar-refractivity contribution >= 4 is 5.69 Å². The molecule has 88 valence electrons. The highest BCUT2D eigenvalue weighted by Crippen LogP contribution is 2.31. The van der Waals surface area contributed by atoms with Gasteiger partial charge in [0, 0.05) is 30.7 Å². The number of nitrogens with zero attached hydrogens (tertiary/aromatic N) is 1. The number of benzene rings is 1. The van der Waals surface area contributed by atoms with Gasteiger partial charge in [-0.3, -0.25) is 0 Å². The maximum absolute atomic E-state index is 3.49. The molecule has 1 aromatic rings. The van der Waals surface area contributed by atoms with Gasteiger partial charge in [-0.15, -0.1) is 0 Å². The van der Waals surface area contributed by atoms with Crippen molar-refractivity contribution in [1.29, 1.82) is 0 Å². The average Bonchev–Trinajstić information content (AvgIpc) is 2.72. The molecule has 1 heterocycles. The summed E-state index contributed by atoms with van der Waals surface area (Å²) in [5.41, 5.74) is 2.81. The van der Waals surface area contributed by atoms with E-state index in [1.165, 1.54) is 17.7 Å². The van der Waals surface area contributed by atoms with Crippen molar-refractivity contribution in [2.45, 2.75) is 32.2 Å². The van der Waals surface area contributed by atoms with Gasteiger partial charge in [-0.25, -0.2) is 0 Å². The van der Waals surface area contributed by atoms with Crippen LogP contribution in [0.25, 0.3) is 0 Å². The highest BCUT2D eigenvalue weighted by atomic mass is 15.1. The molecule has 0 amide bonds. The Morgan fingerprint density at radius 2 is 2.19 bits per heavy atom. The van der Waals surface area contributed by atoms with Crippen LogP contribution in [0, 0.1) is 0 Å². The Labute approximate surface area is 98.7 Å². The third-order valence-corrected chi connectivity index (χ3v) is 3.79. The number of fused-ring (bicyclic) bond motifs is 1. The van der Waals surface area contributed by atoms with Crippen LogP contribution in [-0.4, -0.2) is 31.1 Å². The first-order chi connectivity index (χ1) is 7.72. The summed E-state index contributed by atoms with van der Waals surface area (Å²) in [5, 5.41) is 3.49. The Balaban J connectivity index is 2.03. The van der Waals surface area contributed by atoms with Crippen molar-refractivity contribution in [2.24, 2.45) is 0 Å². The molecule has 0 saturated heterocycles. The van der Waals surface area contributed by atoms with Crippen LogP contribution in [-0.2, 0) is 0 Å². The SMILES string of the molecule is CCC(C)N(C)CC1CNc2ccccc21. The van der Waals surface area contributed by atoms with Crippen LogP contribution in [0.1, 0.15) is 31.7 Å². The van der Waals surface area contributed by atoms with Crippen molar-refractivity contribution in [3.63, 3.8) is 0 Å². The molecule has 0 aromatic heterocycles. The minimum atomic E-state index is 0.648. The first kappa shape index (κ1) is 11.5. The van der Waals surface area contributed by atoms with Crippen LogP contribution in [0.15, 0.2) is 24.3 Å². The van der Waals surface area contributed by atoms with Crippen molar-refractivity contribution in [1.82, 2.24) is 4.90 Å². The lowest BCUT2D eigenvalue weighted by atomic mass is 10.0. The predicted molar refractivity (Wildman–Crippen MR) is 70.1 cm³/mol. The second-order valence-corrected chi connectivity index (χ2v) is 4.86. The normalized spacial score (nSPS) is 20.6. The van der Waals surface area contributed by atoms with E-state index < -0.39 is 0 Å². The van der Waals surface area contributed by atoms with Crippen LogP contribution < -0.4 is 5.32 Å². The monoisotopic (exact) mass is 218 g/mol. The van der Waals surface area contributed by atoms with Gasteiger partial charge < -0.3 is 10.2 Å². The van der Waals surface area contributed by atoms with Crippen LogP contribution in [0.3, 0.4) is 0 Å². The number of rotatable bonds is 4. The molecule has 2 unspecified atom stereocenters. The van der Waals surface area contributed by atoms with Crippen LogP contribution >= 0.6 is 0 Å². The second kappa shape index (κ2) is 4.88. The van der Waals surface area contributed by atoms with Crippen LogP contribution in [0.2, 0.25) is 0 Å². The van der Waals surface area contributed by atoms with Gasteiger partial charge in [0.25, 0.3) is 0 Å². The minimum absolute atomic E-state index is 0.648. The van der Waals surface area contributed by atoms with E-state index in [1.807, 2.05) is 0 Å². The molecule has 2 heteroatoms. The summed E-state index contributed by atoms with van der Waals surface area (Å²) < 4.78 is 0. The molecule has 0 spiro atoms. The van der Waals surface area contributed by atoms with Gasteiger partial charge in [0.2, 0.25) is 0 Å². The van der Waals surface area contributed by atoms with Crippen LogP contribution in [0.5, 0.6) is 0 Å². The lowest BCUT2D eigenvalue weighted by molar-refractivity contribution is 0.240. The topological polar surface area (TPSA) is 15.3 Å². The van der Waals surface area contributed by atoms with E-state index in [9.17, 15) is 0 Å². The van der Waals surface area contributed by atoms with E-state index >= 15 is 0 Å². The number of para-hydroxylation sites is 1. The smallest absolute Gasteiger partial charge is 0.0376 e. The Hall–Kier alpha value is -1.02. The average molecular weight is 218 g/mol. The molecule has 16 heavy (non-hydrogen) atoms. The van der Waals surface area contributed by atoms with Crippen LogP contribution in [0.4, 0.5) is 5.69 Å². The Bertz CT molecular complexity index is 348. The van der Waals surface area contributed by atoms with E-state index in [4.69, 9.17) is 0 Å². The fourth-order valence-corrected chi connectivity index (χ4v) is 2.36. The Morgan fingerprint density at radius 1 is 1.44 bits per heavy atom. The van der Waals surface area contributed by atoms with E-state index in [2.05, 4.69) is 55.4 Å². The van der Waals surface area contributed by atoms with Gasteiger partial charge >= 0.3 is 0 Å². The van der Waals surface area contributed by atoms with Gasteiger partial charge in [0.05, 0.1) is 0 Å². The predicted octanol–water partition coefficient (Wildman–Crippen LogP) is 2.93. The maximum Gasteiger partial charge on any atom is 0.0376 e. The third kappa shape index (κ3) is 2.22. The molecule has 0 aliphatic carbocycles.